The van der Waals surface area contributed by atoms with E-state index in [0.29, 0.717) is 5.76 Å². The van der Waals surface area contributed by atoms with Crippen molar-refractivity contribution >= 4 is 17.8 Å². The maximum atomic E-state index is 11.8. The molecule has 0 saturated carbocycles. The number of imide groups is 1. The molecule has 1 aromatic carbocycles. The van der Waals surface area contributed by atoms with Crippen LogP contribution >= 0.6 is 0 Å². The van der Waals surface area contributed by atoms with Crippen LogP contribution < -0.4 is 5.32 Å². The highest BCUT2D eigenvalue weighted by atomic mass is 16.5. The standard InChI is InChI=1S/C19H17N3O6/c23-15(11-13-5-2-1-3-6-13)20-16(24)12-27-18(25)9-8-17-21-19(22-28-17)14-7-4-10-26-14/h1-7,10H,8-9,11-12H2,(H,20,23,24). The Labute approximate surface area is 159 Å². The quantitative estimate of drug-likeness (QED) is 0.583. The Morgan fingerprint density at radius 1 is 1.04 bits per heavy atom. The fourth-order valence-electron chi connectivity index (χ4n) is 2.31. The first kappa shape index (κ1) is 19.0. The maximum absolute atomic E-state index is 11.8. The topological polar surface area (TPSA) is 125 Å². The molecule has 0 atom stereocenters. The number of esters is 1. The zero-order valence-electron chi connectivity index (χ0n) is 14.8. The predicted molar refractivity (Wildman–Crippen MR) is 94.6 cm³/mol. The van der Waals surface area contributed by atoms with Crippen molar-refractivity contribution in [2.75, 3.05) is 6.61 Å². The van der Waals surface area contributed by atoms with Gasteiger partial charge in [0.1, 0.15) is 0 Å². The highest BCUT2D eigenvalue weighted by Gasteiger charge is 2.15. The number of hydrogen-bond acceptors (Lipinski definition) is 8. The molecule has 1 N–H and O–H groups in total. The summed E-state index contributed by atoms with van der Waals surface area (Å²) in [5.41, 5.74) is 0.776. The molecule has 0 aliphatic heterocycles. The Morgan fingerprint density at radius 3 is 2.61 bits per heavy atom. The second-order valence-corrected chi connectivity index (χ2v) is 5.78. The van der Waals surface area contributed by atoms with E-state index in [1.165, 1.54) is 6.26 Å². The molecular weight excluding hydrogens is 366 g/mol. The van der Waals surface area contributed by atoms with Crippen molar-refractivity contribution in [3.05, 3.63) is 60.2 Å². The molecule has 9 nitrogen and oxygen atoms in total. The van der Waals surface area contributed by atoms with Gasteiger partial charge in [-0.25, -0.2) is 0 Å². The summed E-state index contributed by atoms with van der Waals surface area (Å²) >= 11 is 0. The second kappa shape index (κ2) is 9.26. The molecule has 0 unspecified atom stereocenters. The third-order valence-corrected chi connectivity index (χ3v) is 3.60. The number of ether oxygens (including phenoxy) is 1. The van der Waals surface area contributed by atoms with E-state index in [4.69, 9.17) is 13.7 Å². The molecule has 0 bridgehead atoms. The van der Waals surface area contributed by atoms with Crippen LogP contribution in [0, 0.1) is 0 Å². The van der Waals surface area contributed by atoms with E-state index >= 15 is 0 Å². The molecule has 9 heteroatoms. The molecule has 2 heterocycles. The molecule has 0 aliphatic rings. The minimum atomic E-state index is -0.688. The number of nitrogens with one attached hydrogen (secondary N) is 1. The lowest BCUT2D eigenvalue weighted by molar-refractivity contribution is -0.149. The average molecular weight is 383 g/mol. The molecule has 2 amide bonds. The van der Waals surface area contributed by atoms with E-state index in [0.717, 1.165) is 5.56 Å². The Morgan fingerprint density at radius 2 is 1.86 bits per heavy atom. The van der Waals surface area contributed by atoms with Gasteiger partial charge in [0.15, 0.2) is 12.4 Å². The van der Waals surface area contributed by atoms with E-state index in [2.05, 4.69) is 15.5 Å². The number of amides is 2. The van der Waals surface area contributed by atoms with Crippen LogP contribution in [0.25, 0.3) is 11.6 Å². The van der Waals surface area contributed by atoms with E-state index in [1.807, 2.05) is 6.07 Å². The number of hydrogen-bond donors (Lipinski definition) is 1. The first-order valence-corrected chi connectivity index (χ1v) is 8.49. The first-order chi connectivity index (χ1) is 13.6. The molecule has 0 fully saturated rings. The lowest BCUT2D eigenvalue weighted by Gasteiger charge is -2.05. The number of aromatic nitrogens is 2. The predicted octanol–water partition coefficient (Wildman–Crippen LogP) is 1.69. The lowest BCUT2D eigenvalue weighted by atomic mass is 10.1. The summed E-state index contributed by atoms with van der Waals surface area (Å²) in [7, 11) is 0. The van der Waals surface area contributed by atoms with Gasteiger partial charge in [-0.15, -0.1) is 0 Å². The van der Waals surface area contributed by atoms with Crippen molar-refractivity contribution in [1.82, 2.24) is 15.5 Å². The van der Waals surface area contributed by atoms with E-state index in [-0.39, 0.29) is 31.0 Å². The summed E-state index contributed by atoms with van der Waals surface area (Å²) in [6.45, 7) is -0.541. The molecule has 3 rings (SSSR count). The summed E-state index contributed by atoms with van der Waals surface area (Å²) in [6, 6.07) is 12.4. The molecule has 0 spiro atoms. The molecule has 144 valence electrons. The number of aryl methyl sites for hydroxylation is 1. The largest absolute Gasteiger partial charge is 0.461 e. The molecule has 2 aromatic heterocycles. The van der Waals surface area contributed by atoms with E-state index in [9.17, 15) is 14.4 Å². The SMILES string of the molecule is O=C(COC(=O)CCc1nc(-c2ccco2)no1)NC(=O)Cc1ccccc1. The lowest BCUT2D eigenvalue weighted by Crippen LogP contribution is -2.35. The molecule has 0 saturated heterocycles. The van der Waals surface area contributed by atoms with Crippen molar-refractivity contribution in [1.29, 1.82) is 0 Å². The number of rotatable bonds is 8. The van der Waals surface area contributed by atoms with Gasteiger partial charge in [-0.3, -0.25) is 19.7 Å². The Bertz CT molecular complexity index is 934. The van der Waals surface area contributed by atoms with Gasteiger partial charge >= 0.3 is 5.97 Å². The molecule has 0 radical (unpaired) electrons. The van der Waals surface area contributed by atoms with Crippen LogP contribution in [-0.4, -0.2) is 34.5 Å². The number of benzene rings is 1. The highest BCUT2D eigenvalue weighted by Crippen LogP contribution is 2.16. The summed E-state index contributed by atoms with van der Waals surface area (Å²) < 4.78 is 15.0. The van der Waals surface area contributed by atoms with Crippen LogP contribution in [0.15, 0.2) is 57.7 Å². The van der Waals surface area contributed by atoms with Gasteiger partial charge in [0, 0.05) is 6.42 Å². The summed E-state index contributed by atoms with van der Waals surface area (Å²) in [4.78, 5) is 39.3. The number of nitrogens with zero attached hydrogens (tertiary/aromatic N) is 2. The number of carbonyl (C=O) groups excluding carboxylic acids is 3. The fraction of sp³-hybridized carbons (Fsp3) is 0.211. The third-order valence-electron chi connectivity index (χ3n) is 3.60. The van der Waals surface area contributed by atoms with Crippen LogP contribution in [0.4, 0.5) is 0 Å². The molecule has 28 heavy (non-hydrogen) atoms. The maximum Gasteiger partial charge on any atom is 0.306 e. The van der Waals surface area contributed by atoms with Crippen molar-refractivity contribution < 1.29 is 28.1 Å². The second-order valence-electron chi connectivity index (χ2n) is 5.78. The fourth-order valence-corrected chi connectivity index (χ4v) is 2.31. The van der Waals surface area contributed by atoms with Crippen LogP contribution in [0.2, 0.25) is 0 Å². The minimum Gasteiger partial charge on any atom is -0.461 e. The van der Waals surface area contributed by atoms with Gasteiger partial charge in [-0.1, -0.05) is 35.5 Å². The van der Waals surface area contributed by atoms with Crippen molar-refractivity contribution in [2.45, 2.75) is 19.3 Å². The summed E-state index contributed by atoms with van der Waals surface area (Å²) in [5, 5.41) is 5.91. The Hall–Kier alpha value is -3.75. The smallest absolute Gasteiger partial charge is 0.306 e. The number of furan rings is 1. The molecule has 0 aliphatic carbocycles. The van der Waals surface area contributed by atoms with Crippen molar-refractivity contribution in [3.63, 3.8) is 0 Å². The van der Waals surface area contributed by atoms with Gasteiger partial charge in [0.25, 0.3) is 5.91 Å². The minimum absolute atomic E-state index is 0.0506. The summed E-state index contributed by atoms with van der Waals surface area (Å²) in [6.07, 6.45) is 1.65. The van der Waals surface area contributed by atoms with E-state index in [1.54, 1.807) is 36.4 Å². The van der Waals surface area contributed by atoms with Gasteiger partial charge in [0.2, 0.25) is 17.6 Å². The van der Waals surface area contributed by atoms with Crippen molar-refractivity contribution in [2.24, 2.45) is 0 Å². The zero-order valence-corrected chi connectivity index (χ0v) is 14.8. The van der Waals surface area contributed by atoms with Crippen LogP contribution in [0.5, 0.6) is 0 Å². The normalized spacial score (nSPS) is 10.4. The molecular formula is C19H17N3O6. The van der Waals surface area contributed by atoms with Crippen LogP contribution in [0.1, 0.15) is 17.9 Å². The molecule has 3 aromatic rings. The monoisotopic (exact) mass is 383 g/mol. The third kappa shape index (κ3) is 5.63. The summed E-state index contributed by atoms with van der Waals surface area (Å²) in [5.74, 6) is -0.802. The van der Waals surface area contributed by atoms with Gasteiger partial charge in [-0.05, 0) is 17.7 Å². The Kier molecular flexibility index (Phi) is 6.29. The van der Waals surface area contributed by atoms with Crippen LogP contribution in [0.3, 0.4) is 0 Å². The average Bonchev–Trinajstić information content (AvgIpc) is 3.37. The van der Waals surface area contributed by atoms with E-state index < -0.39 is 24.4 Å². The van der Waals surface area contributed by atoms with Gasteiger partial charge in [-0.2, -0.15) is 4.98 Å². The van der Waals surface area contributed by atoms with Crippen LogP contribution in [-0.2, 0) is 32.0 Å². The first-order valence-electron chi connectivity index (χ1n) is 8.49. The Balaban J connectivity index is 1.36. The van der Waals surface area contributed by atoms with Gasteiger partial charge < -0.3 is 13.7 Å². The number of carbonyl (C=O) groups is 3. The van der Waals surface area contributed by atoms with Crippen molar-refractivity contribution in [3.8, 4) is 11.6 Å². The zero-order chi connectivity index (χ0) is 19.8. The van der Waals surface area contributed by atoms with Gasteiger partial charge in [0.05, 0.1) is 19.1 Å². The highest BCUT2D eigenvalue weighted by molar-refractivity contribution is 5.97.